The van der Waals surface area contributed by atoms with Crippen molar-refractivity contribution < 1.29 is 18.3 Å². The van der Waals surface area contributed by atoms with Crippen LogP contribution in [0.2, 0.25) is 0 Å². The third-order valence-corrected chi connectivity index (χ3v) is 5.96. The maximum atomic E-state index is 14.6. The van der Waals surface area contributed by atoms with Crippen molar-refractivity contribution in [3.8, 4) is 28.0 Å². The van der Waals surface area contributed by atoms with Gasteiger partial charge in [-0.25, -0.2) is 4.39 Å². The molecule has 1 aliphatic heterocycles. The molecule has 2 unspecified atom stereocenters. The van der Waals surface area contributed by atoms with Crippen LogP contribution in [0.1, 0.15) is 37.9 Å². The molecule has 1 saturated heterocycles. The van der Waals surface area contributed by atoms with E-state index in [-0.39, 0.29) is 17.4 Å². The monoisotopic (exact) mass is 434 g/mol. The molecule has 2 nitrogen and oxygen atoms in total. The summed E-state index contributed by atoms with van der Waals surface area (Å²) in [5.74, 6) is -1.43. The SMILES string of the molecule is C=CC1CCC(c2ccc(-c3ccc(-c4ccc(OCCC)c(F)c4F)cc3)cc2)OC1. The van der Waals surface area contributed by atoms with E-state index < -0.39 is 11.6 Å². The molecule has 0 aromatic heterocycles. The van der Waals surface area contributed by atoms with E-state index >= 15 is 0 Å². The molecule has 0 bridgehead atoms. The van der Waals surface area contributed by atoms with Crippen molar-refractivity contribution in [1.29, 1.82) is 0 Å². The van der Waals surface area contributed by atoms with Crippen molar-refractivity contribution in [3.05, 3.63) is 90.5 Å². The van der Waals surface area contributed by atoms with Gasteiger partial charge < -0.3 is 9.47 Å². The van der Waals surface area contributed by atoms with Crippen LogP contribution in [-0.4, -0.2) is 13.2 Å². The van der Waals surface area contributed by atoms with Crippen LogP contribution < -0.4 is 4.74 Å². The lowest BCUT2D eigenvalue weighted by atomic mass is 9.93. The minimum atomic E-state index is -0.944. The standard InChI is InChI=1S/C28H28F2O2/c1-3-17-31-26-16-14-24(27(29)28(26)30)22-10-6-20(7-11-22)21-8-12-23(13-9-21)25-15-5-19(4-2)18-32-25/h4,6-14,16,19,25H,2-3,5,15,17-18H2,1H3. The molecule has 0 aliphatic carbocycles. The maximum absolute atomic E-state index is 14.6. The lowest BCUT2D eigenvalue weighted by Crippen LogP contribution is -2.19. The van der Waals surface area contributed by atoms with Crippen molar-refractivity contribution in [2.24, 2.45) is 5.92 Å². The van der Waals surface area contributed by atoms with Crippen molar-refractivity contribution in [2.45, 2.75) is 32.3 Å². The van der Waals surface area contributed by atoms with E-state index in [9.17, 15) is 8.78 Å². The van der Waals surface area contributed by atoms with Gasteiger partial charge in [-0.15, -0.1) is 6.58 Å². The zero-order valence-corrected chi connectivity index (χ0v) is 18.3. The number of benzene rings is 3. The first-order chi connectivity index (χ1) is 15.6. The average molecular weight is 435 g/mol. The van der Waals surface area contributed by atoms with Crippen LogP contribution >= 0.6 is 0 Å². The van der Waals surface area contributed by atoms with E-state index in [2.05, 4.69) is 30.8 Å². The summed E-state index contributed by atoms with van der Waals surface area (Å²) in [6.07, 6.45) is 4.92. The van der Waals surface area contributed by atoms with Crippen LogP contribution in [0.5, 0.6) is 5.75 Å². The molecule has 1 aliphatic rings. The lowest BCUT2D eigenvalue weighted by molar-refractivity contribution is -0.00513. The van der Waals surface area contributed by atoms with E-state index in [1.54, 1.807) is 6.07 Å². The van der Waals surface area contributed by atoms with Gasteiger partial charge in [-0.2, -0.15) is 4.39 Å². The first-order valence-electron chi connectivity index (χ1n) is 11.2. The van der Waals surface area contributed by atoms with Crippen molar-refractivity contribution in [1.82, 2.24) is 0 Å². The second kappa shape index (κ2) is 10.1. The normalized spacial score (nSPS) is 18.3. The molecule has 4 rings (SSSR count). The molecule has 3 aromatic rings. The number of halogens is 2. The molecule has 0 spiro atoms. The van der Waals surface area contributed by atoms with E-state index in [1.165, 1.54) is 11.6 Å². The molecule has 0 N–H and O–H groups in total. The highest BCUT2D eigenvalue weighted by atomic mass is 19.2. The Morgan fingerprint density at radius 1 is 0.906 bits per heavy atom. The molecule has 1 heterocycles. The number of rotatable bonds is 7. The average Bonchev–Trinajstić information content (AvgIpc) is 2.85. The predicted octanol–water partition coefficient (Wildman–Crippen LogP) is 7.74. The van der Waals surface area contributed by atoms with Gasteiger partial charge in [0.2, 0.25) is 5.82 Å². The van der Waals surface area contributed by atoms with Crippen LogP contribution in [0.25, 0.3) is 22.3 Å². The predicted molar refractivity (Wildman–Crippen MR) is 125 cm³/mol. The van der Waals surface area contributed by atoms with Gasteiger partial charge in [0.15, 0.2) is 11.6 Å². The molecular weight excluding hydrogens is 406 g/mol. The van der Waals surface area contributed by atoms with Crippen LogP contribution in [-0.2, 0) is 4.74 Å². The van der Waals surface area contributed by atoms with Crippen molar-refractivity contribution >= 4 is 0 Å². The van der Waals surface area contributed by atoms with Crippen LogP contribution in [0.15, 0.2) is 73.3 Å². The Bertz CT molecular complexity index is 1050. The summed E-state index contributed by atoms with van der Waals surface area (Å²) >= 11 is 0. The summed E-state index contributed by atoms with van der Waals surface area (Å²) in [7, 11) is 0. The Morgan fingerprint density at radius 3 is 2.16 bits per heavy atom. The van der Waals surface area contributed by atoms with E-state index in [1.807, 2.05) is 37.3 Å². The summed E-state index contributed by atoms with van der Waals surface area (Å²) in [6.45, 7) is 6.84. The summed E-state index contributed by atoms with van der Waals surface area (Å²) in [4.78, 5) is 0. The molecule has 2 atom stereocenters. The smallest absolute Gasteiger partial charge is 0.201 e. The molecule has 166 valence electrons. The van der Waals surface area contributed by atoms with Gasteiger partial charge in [0, 0.05) is 11.5 Å². The highest BCUT2D eigenvalue weighted by Gasteiger charge is 2.21. The van der Waals surface area contributed by atoms with Crippen molar-refractivity contribution in [2.75, 3.05) is 13.2 Å². The molecule has 3 aromatic carbocycles. The van der Waals surface area contributed by atoms with Gasteiger partial charge in [-0.1, -0.05) is 61.5 Å². The zero-order valence-electron chi connectivity index (χ0n) is 18.3. The first-order valence-corrected chi connectivity index (χ1v) is 11.2. The Balaban J connectivity index is 1.48. The molecule has 0 saturated carbocycles. The largest absolute Gasteiger partial charge is 0.490 e. The quantitative estimate of drug-likeness (QED) is 0.354. The summed E-state index contributed by atoms with van der Waals surface area (Å²) in [5, 5.41) is 0. The Kier molecular flexibility index (Phi) is 7.01. The van der Waals surface area contributed by atoms with Gasteiger partial charge in [-0.05, 0) is 53.6 Å². The highest BCUT2D eigenvalue weighted by molar-refractivity contribution is 5.71. The molecule has 1 fully saturated rings. The topological polar surface area (TPSA) is 18.5 Å². The summed E-state index contributed by atoms with van der Waals surface area (Å²) in [6, 6.07) is 18.9. The Labute approximate surface area is 188 Å². The van der Waals surface area contributed by atoms with Crippen LogP contribution in [0.3, 0.4) is 0 Å². The minimum absolute atomic E-state index is 0.0493. The summed E-state index contributed by atoms with van der Waals surface area (Å²) in [5.41, 5.74) is 4.10. The molecule has 0 amide bonds. The van der Waals surface area contributed by atoms with Crippen LogP contribution in [0, 0.1) is 17.6 Å². The lowest BCUT2D eigenvalue weighted by Gasteiger charge is -2.27. The number of hydrogen-bond donors (Lipinski definition) is 0. The maximum Gasteiger partial charge on any atom is 0.201 e. The van der Waals surface area contributed by atoms with Gasteiger partial charge in [0.25, 0.3) is 0 Å². The first kappa shape index (κ1) is 22.2. The third-order valence-electron chi connectivity index (χ3n) is 5.96. The van der Waals surface area contributed by atoms with E-state index in [4.69, 9.17) is 9.47 Å². The number of hydrogen-bond acceptors (Lipinski definition) is 2. The second-order valence-electron chi connectivity index (χ2n) is 8.18. The van der Waals surface area contributed by atoms with E-state index in [0.29, 0.717) is 18.1 Å². The van der Waals surface area contributed by atoms with Crippen LogP contribution in [0.4, 0.5) is 8.78 Å². The number of ether oxygens (including phenoxy) is 2. The molecular formula is C28H28F2O2. The third kappa shape index (κ3) is 4.76. The fraction of sp³-hybridized carbons (Fsp3) is 0.286. The molecule has 32 heavy (non-hydrogen) atoms. The van der Waals surface area contributed by atoms with Gasteiger partial charge in [-0.3, -0.25) is 0 Å². The second-order valence-corrected chi connectivity index (χ2v) is 8.18. The van der Waals surface area contributed by atoms with Gasteiger partial charge in [0.1, 0.15) is 0 Å². The Hall–Kier alpha value is -2.98. The minimum Gasteiger partial charge on any atom is -0.490 e. The van der Waals surface area contributed by atoms with Gasteiger partial charge in [0.05, 0.1) is 19.3 Å². The fourth-order valence-electron chi connectivity index (χ4n) is 4.03. The fourth-order valence-corrected chi connectivity index (χ4v) is 4.03. The molecule has 4 heteroatoms. The van der Waals surface area contributed by atoms with E-state index in [0.717, 1.165) is 37.0 Å². The summed E-state index contributed by atoms with van der Waals surface area (Å²) < 4.78 is 40.2. The van der Waals surface area contributed by atoms with Crippen molar-refractivity contribution in [3.63, 3.8) is 0 Å². The van der Waals surface area contributed by atoms with Gasteiger partial charge >= 0.3 is 0 Å². The highest BCUT2D eigenvalue weighted by Crippen LogP contribution is 2.34. The molecule has 0 radical (unpaired) electrons. The zero-order chi connectivity index (χ0) is 22.5. The Morgan fingerprint density at radius 2 is 1.56 bits per heavy atom.